The lowest BCUT2D eigenvalue weighted by molar-refractivity contribution is -0.146. The molecule has 0 aliphatic carbocycles. The molecule has 120 valence electrons. The molecule has 0 aromatic heterocycles. The Balaban J connectivity index is 2.48. The van der Waals surface area contributed by atoms with Gasteiger partial charge in [0.15, 0.2) is 5.92 Å². The average Bonchev–Trinajstić information content (AvgIpc) is 2.56. The predicted molar refractivity (Wildman–Crippen MR) is 80.3 cm³/mol. The van der Waals surface area contributed by atoms with Crippen LogP contribution in [0.3, 0.4) is 0 Å². The molecule has 1 aromatic rings. The molecular weight excluding hydrogens is 298 g/mol. The second kappa shape index (κ2) is 7.45. The van der Waals surface area contributed by atoms with Crippen LogP contribution in [0, 0.1) is 17.2 Å². The molecular formula is C17H17NO5. The summed E-state index contributed by atoms with van der Waals surface area (Å²) >= 11 is 0. The molecule has 6 nitrogen and oxygen atoms in total. The summed E-state index contributed by atoms with van der Waals surface area (Å²) < 4.78 is 15.4. The highest BCUT2D eigenvalue weighted by atomic mass is 16.5. The summed E-state index contributed by atoms with van der Waals surface area (Å²) in [4.78, 5) is 24.3. The number of nitrogens with zero attached hydrogens (tertiary/aromatic N) is 1. The fourth-order valence-corrected chi connectivity index (χ4v) is 2.46. The first-order valence-corrected chi connectivity index (χ1v) is 7.33. The van der Waals surface area contributed by atoms with E-state index < -0.39 is 23.8 Å². The number of rotatable bonds is 5. The van der Waals surface area contributed by atoms with Gasteiger partial charge in [0.25, 0.3) is 0 Å². The van der Waals surface area contributed by atoms with Gasteiger partial charge < -0.3 is 14.2 Å². The van der Waals surface area contributed by atoms with Gasteiger partial charge in [-0.1, -0.05) is 18.2 Å². The van der Waals surface area contributed by atoms with Gasteiger partial charge in [-0.05, 0) is 19.9 Å². The highest BCUT2D eigenvalue weighted by molar-refractivity contribution is 5.93. The summed E-state index contributed by atoms with van der Waals surface area (Å²) in [6.45, 7) is 3.67. The summed E-state index contributed by atoms with van der Waals surface area (Å²) in [6, 6.07) is 8.89. The topological polar surface area (TPSA) is 85.6 Å². The number of esters is 2. The molecule has 2 rings (SSSR count). The number of ether oxygens (including phenoxy) is 3. The Morgan fingerprint density at radius 2 is 1.96 bits per heavy atom. The third-order valence-corrected chi connectivity index (χ3v) is 3.43. The molecule has 0 bridgehead atoms. The van der Waals surface area contributed by atoms with Crippen molar-refractivity contribution in [2.24, 2.45) is 5.92 Å². The maximum absolute atomic E-state index is 12.2. The van der Waals surface area contributed by atoms with Crippen molar-refractivity contribution in [1.82, 2.24) is 0 Å². The van der Waals surface area contributed by atoms with E-state index in [1.165, 1.54) is 6.26 Å². The Morgan fingerprint density at radius 3 is 2.61 bits per heavy atom. The van der Waals surface area contributed by atoms with E-state index in [1.54, 1.807) is 38.1 Å². The molecule has 1 aromatic carbocycles. The van der Waals surface area contributed by atoms with E-state index >= 15 is 0 Å². The predicted octanol–water partition coefficient (Wildman–Crippen LogP) is 2.31. The SMILES string of the molecule is CCOC(=O)C1=COc2ccccc2C1C(C#N)C(=O)OCC. The molecule has 1 aliphatic rings. The van der Waals surface area contributed by atoms with Gasteiger partial charge in [-0.2, -0.15) is 5.26 Å². The Morgan fingerprint density at radius 1 is 1.26 bits per heavy atom. The number of carbonyl (C=O) groups excluding carboxylic acids is 2. The lowest BCUT2D eigenvalue weighted by Crippen LogP contribution is -2.30. The molecule has 1 heterocycles. The van der Waals surface area contributed by atoms with Gasteiger partial charge in [-0.25, -0.2) is 4.79 Å². The minimum absolute atomic E-state index is 0.130. The molecule has 2 atom stereocenters. The molecule has 1 aliphatic heterocycles. The zero-order valence-corrected chi connectivity index (χ0v) is 12.9. The van der Waals surface area contributed by atoms with E-state index in [9.17, 15) is 14.9 Å². The van der Waals surface area contributed by atoms with Gasteiger partial charge in [0.2, 0.25) is 0 Å². The van der Waals surface area contributed by atoms with Crippen LogP contribution < -0.4 is 4.74 Å². The van der Waals surface area contributed by atoms with Gasteiger partial charge in [0.1, 0.15) is 12.0 Å². The monoisotopic (exact) mass is 315 g/mol. The van der Waals surface area contributed by atoms with E-state index in [4.69, 9.17) is 14.2 Å². The van der Waals surface area contributed by atoms with Gasteiger partial charge in [0, 0.05) is 11.5 Å². The van der Waals surface area contributed by atoms with Crippen molar-refractivity contribution < 1.29 is 23.8 Å². The summed E-state index contributed by atoms with van der Waals surface area (Å²) in [5, 5.41) is 9.46. The van der Waals surface area contributed by atoms with Gasteiger partial charge >= 0.3 is 11.9 Å². The van der Waals surface area contributed by atoms with Crippen LogP contribution in [0.5, 0.6) is 5.75 Å². The second-order valence-corrected chi connectivity index (χ2v) is 4.79. The fraction of sp³-hybridized carbons (Fsp3) is 0.353. The average molecular weight is 315 g/mol. The smallest absolute Gasteiger partial charge is 0.337 e. The molecule has 0 fully saturated rings. The van der Waals surface area contributed by atoms with Crippen molar-refractivity contribution in [3.05, 3.63) is 41.7 Å². The van der Waals surface area contributed by atoms with Gasteiger partial charge in [-0.15, -0.1) is 0 Å². The number of hydrogen-bond donors (Lipinski definition) is 0. The van der Waals surface area contributed by atoms with Crippen molar-refractivity contribution in [1.29, 1.82) is 5.26 Å². The maximum atomic E-state index is 12.2. The molecule has 0 spiro atoms. The Bertz CT molecular complexity index is 674. The highest BCUT2D eigenvalue weighted by Crippen LogP contribution is 2.41. The Hall–Kier alpha value is -2.81. The first kappa shape index (κ1) is 16.6. The summed E-state index contributed by atoms with van der Waals surface area (Å²) in [7, 11) is 0. The lowest BCUT2D eigenvalue weighted by atomic mass is 9.80. The van der Waals surface area contributed by atoms with Crippen LogP contribution in [0.25, 0.3) is 0 Å². The van der Waals surface area contributed by atoms with E-state index in [0.29, 0.717) is 11.3 Å². The number of carbonyl (C=O) groups is 2. The lowest BCUT2D eigenvalue weighted by Gasteiger charge is -2.27. The maximum Gasteiger partial charge on any atom is 0.337 e. The molecule has 0 amide bonds. The summed E-state index contributed by atoms with van der Waals surface area (Å²) in [6.07, 6.45) is 1.24. The number of para-hydroxylation sites is 1. The molecule has 0 saturated heterocycles. The minimum atomic E-state index is -1.16. The molecule has 0 N–H and O–H groups in total. The van der Waals surface area contributed by atoms with Crippen molar-refractivity contribution in [2.75, 3.05) is 13.2 Å². The summed E-state index contributed by atoms with van der Waals surface area (Å²) in [5.74, 6) is -2.74. The van der Waals surface area contributed by atoms with Crippen LogP contribution in [-0.4, -0.2) is 25.2 Å². The summed E-state index contributed by atoms with van der Waals surface area (Å²) in [5.41, 5.74) is 0.711. The third-order valence-electron chi connectivity index (χ3n) is 3.43. The van der Waals surface area contributed by atoms with E-state index in [1.807, 2.05) is 6.07 Å². The third kappa shape index (κ3) is 3.34. The van der Waals surface area contributed by atoms with Crippen molar-refractivity contribution in [2.45, 2.75) is 19.8 Å². The number of nitriles is 1. The van der Waals surface area contributed by atoms with Crippen LogP contribution in [-0.2, 0) is 19.1 Å². The Labute approximate surface area is 134 Å². The second-order valence-electron chi connectivity index (χ2n) is 4.79. The Kier molecular flexibility index (Phi) is 5.36. The van der Waals surface area contributed by atoms with Crippen LogP contribution in [0.4, 0.5) is 0 Å². The normalized spacial score (nSPS) is 16.9. The van der Waals surface area contributed by atoms with Crippen molar-refractivity contribution >= 4 is 11.9 Å². The number of hydrogen-bond acceptors (Lipinski definition) is 6. The quantitative estimate of drug-likeness (QED) is 0.775. The minimum Gasteiger partial charge on any atom is -0.465 e. The molecule has 23 heavy (non-hydrogen) atoms. The standard InChI is InChI=1S/C17H17NO5/c1-3-21-16(19)12(9-18)15-11-7-5-6-8-14(11)23-10-13(15)17(20)22-4-2/h5-8,10,12,15H,3-4H2,1-2H3. The van der Waals surface area contributed by atoms with Crippen LogP contribution in [0.15, 0.2) is 36.1 Å². The van der Waals surface area contributed by atoms with E-state index in [2.05, 4.69) is 0 Å². The molecule has 2 unspecified atom stereocenters. The van der Waals surface area contributed by atoms with Crippen LogP contribution in [0.2, 0.25) is 0 Å². The van der Waals surface area contributed by atoms with Gasteiger partial charge in [0.05, 0.1) is 24.9 Å². The van der Waals surface area contributed by atoms with E-state index in [-0.39, 0.29) is 18.8 Å². The zero-order valence-electron chi connectivity index (χ0n) is 12.9. The largest absolute Gasteiger partial charge is 0.465 e. The number of benzene rings is 1. The van der Waals surface area contributed by atoms with Crippen molar-refractivity contribution in [3.63, 3.8) is 0 Å². The first-order chi connectivity index (χ1) is 11.1. The molecule has 6 heteroatoms. The zero-order chi connectivity index (χ0) is 16.8. The molecule has 0 saturated carbocycles. The van der Waals surface area contributed by atoms with Gasteiger partial charge in [-0.3, -0.25) is 4.79 Å². The van der Waals surface area contributed by atoms with Crippen LogP contribution in [0.1, 0.15) is 25.3 Å². The fourth-order valence-electron chi connectivity index (χ4n) is 2.46. The molecule has 0 radical (unpaired) electrons. The van der Waals surface area contributed by atoms with Crippen molar-refractivity contribution in [3.8, 4) is 11.8 Å². The van der Waals surface area contributed by atoms with E-state index in [0.717, 1.165) is 0 Å². The highest BCUT2D eigenvalue weighted by Gasteiger charge is 2.40. The first-order valence-electron chi connectivity index (χ1n) is 7.33. The van der Waals surface area contributed by atoms with Crippen LogP contribution >= 0.6 is 0 Å². The number of fused-ring (bicyclic) bond motifs is 1.